The molecule has 0 aliphatic carbocycles. The van der Waals surface area contributed by atoms with Gasteiger partial charge in [0.15, 0.2) is 0 Å². The molecular weight excluding hydrogens is 350 g/mol. The third-order valence-electron chi connectivity index (χ3n) is 3.98. The minimum Gasteiger partial charge on any atom is -0.399 e. The maximum absolute atomic E-state index is 12.3. The fraction of sp³-hybridized carbons (Fsp3) is 0.300. The van der Waals surface area contributed by atoms with Gasteiger partial charge in [0.05, 0.1) is 0 Å². The van der Waals surface area contributed by atoms with E-state index in [0.717, 1.165) is 11.1 Å². The van der Waals surface area contributed by atoms with Gasteiger partial charge in [-0.2, -0.15) is 0 Å². The highest BCUT2D eigenvalue weighted by atomic mass is 35.5. The quantitative estimate of drug-likeness (QED) is 0.662. The van der Waals surface area contributed by atoms with Gasteiger partial charge in [-0.3, -0.25) is 9.59 Å². The Balaban J connectivity index is 0.00000338. The Morgan fingerprint density at radius 3 is 2.42 bits per heavy atom. The first-order chi connectivity index (χ1) is 11.9. The highest BCUT2D eigenvalue weighted by Gasteiger charge is 2.10. The van der Waals surface area contributed by atoms with Crippen molar-refractivity contribution >= 4 is 41.3 Å². The van der Waals surface area contributed by atoms with Crippen LogP contribution in [0.15, 0.2) is 42.5 Å². The molecule has 0 spiro atoms. The van der Waals surface area contributed by atoms with E-state index in [1.165, 1.54) is 0 Å². The van der Waals surface area contributed by atoms with Crippen molar-refractivity contribution in [3.8, 4) is 0 Å². The van der Waals surface area contributed by atoms with Crippen LogP contribution in [0.25, 0.3) is 0 Å². The van der Waals surface area contributed by atoms with Crippen LogP contribution in [0, 0.1) is 12.8 Å². The van der Waals surface area contributed by atoms with Gasteiger partial charge in [-0.1, -0.05) is 38.1 Å². The maximum Gasteiger partial charge on any atom is 0.226 e. The number of aryl methyl sites for hydroxylation is 2. The smallest absolute Gasteiger partial charge is 0.226 e. The Kier molecular flexibility index (Phi) is 8.13. The van der Waals surface area contributed by atoms with Crippen molar-refractivity contribution in [1.82, 2.24) is 0 Å². The summed E-state index contributed by atoms with van der Waals surface area (Å²) in [5.41, 5.74) is 9.88. The SMILES string of the molecule is Cc1ccc(NC(=O)C(C)C)cc1NC(=O)CCc1ccccc1N.Cl. The lowest BCUT2D eigenvalue weighted by Crippen LogP contribution is -2.18. The van der Waals surface area contributed by atoms with E-state index in [0.29, 0.717) is 29.9 Å². The fourth-order valence-corrected chi connectivity index (χ4v) is 2.34. The second kappa shape index (κ2) is 9.82. The van der Waals surface area contributed by atoms with E-state index in [-0.39, 0.29) is 30.1 Å². The summed E-state index contributed by atoms with van der Waals surface area (Å²) in [7, 11) is 0. The Labute approximate surface area is 160 Å². The molecule has 5 nitrogen and oxygen atoms in total. The molecule has 0 aliphatic rings. The summed E-state index contributed by atoms with van der Waals surface area (Å²) in [5.74, 6) is -0.241. The average Bonchev–Trinajstić information content (AvgIpc) is 2.57. The molecule has 6 heteroatoms. The second-order valence-corrected chi connectivity index (χ2v) is 6.42. The number of nitrogens with one attached hydrogen (secondary N) is 2. The van der Waals surface area contributed by atoms with Gasteiger partial charge in [-0.05, 0) is 42.7 Å². The molecule has 0 saturated carbocycles. The topological polar surface area (TPSA) is 84.2 Å². The zero-order chi connectivity index (χ0) is 18.4. The first-order valence-electron chi connectivity index (χ1n) is 8.41. The van der Waals surface area contributed by atoms with Gasteiger partial charge in [0, 0.05) is 29.4 Å². The lowest BCUT2D eigenvalue weighted by molar-refractivity contribution is -0.119. The molecule has 0 atom stereocenters. The number of carbonyl (C=O) groups excluding carboxylic acids is 2. The molecule has 2 aromatic carbocycles. The van der Waals surface area contributed by atoms with Crippen molar-refractivity contribution in [1.29, 1.82) is 0 Å². The first kappa shape index (κ1) is 21.5. The Bertz CT molecular complexity index is 775. The predicted octanol–water partition coefficient (Wildman–Crippen LogP) is 4.16. The van der Waals surface area contributed by atoms with Crippen LogP contribution in [0.4, 0.5) is 17.1 Å². The van der Waals surface area contributed by atoms with Crippen LogP contribution in [0.3, 0.4) is 0 Å². The summed E-state index contributed by atoms with van der Waals surface area (Å²) in [5, 5.41) is 5.75. The average molecular weight is 376 g/mol. The number of nitrogens with two attached hydrogens (primary N) is 1. The number of rotatable bonds is 6. The van der Waals surface area contributed by atoms with E-state index in [2.05, 4.69) is 10.6 Å². The summed E-state index contributed by atoms with van der Waals surface area (Å²) in [6.07, 6.45) is 0.928. The van der Waals surface area contributed by atoms with Gasteiger partial charge in [-0.15, -0.1) is 12.4 Å². The molecule has 0 radical (unpaired) electrons. The molecule has 26 heavy (non-hydrogen) atoms. The molecule has 4 N–H and O–H groups in total. The molecule has 2 aromatic rings. The molecule has 140 valence electrons. The van der Waals surface area contributed by atoms with Crippen LogP contribution >= 0.6 is 12.4 Å². The van der Waals surface area contributed by atoms with E-state index in [4.69, 9.17) is 5.73 Å². The molecule has 0 aromatic heterocycles. The number of anilines is 3. The minimum atomic E-state index is -0.101. The van der Waals surface area contributed by atoms with Crippen LogP contribution in [-0.2, 0) is 16.0 Å². The van der Waals surface area contributed by atoms with Crippen molar-refractivity contribution in [2.45, 2.75) is 33.6 Å². The third-order valence-corrected chi connectivity index (χ3v) is 3.98. The lowest BCUT2D eigenvalue weighted by Gasteiger charge is -2.13. The molecule has 2 rings (SSSR count). The monoisotopic (exact) mass is 375 g/mol. The van der Waals surface area contributed by atoms with Gasteiger partial charge in [-0.25, -0.2) is 0 Å². The number of carbonyl (C=O) groups is 2. The van der Waals surface area contributed by atoms with Crippen molar-refractivity contribution in [3.05, 3.63) is 53.6 Å². The highest BCUT2D eigenvalue weighted by molar-refractivity contribution is 5.95. The Morgan fingerprint density at radius 1 is 1.08 bits per heavy atom. The van der Waals surface area contributed by atoms with E-state index in [1.54, 1.807) is 6.07 Å². The van der Waals surface area contributed by atoms with Crippen LogP contribution in [0.1, 0.15) is 31.4 Å². The number of para-hydroxylation sites is 1. The molecule has 0 aliphatic heterocycles. The van der Waals surface area contributed by atoms with Crippen LogP contribution in [-0.4, -0.2) is 11.8 Å². The van der Waals surface area contributed by atoms with E-state index in [9.17, 15) is 9.59 Å². The van der Waals surface area contributed by atoms with E-state index >= 15 is 0 Å². The van der Waals surface area contributed by atoms with Crippen molar-refractivity contribution in [3.63, 3.8) is 0 Å². The second-order valence-electron chi connectivity index (χ2n) is 6.42. The van der Waals surface area contributed by atoms with Crippen molar-refractivity contribution < 1.29 is 9.59 Å². The van der Waals surface area contributed by atoms with Crippen molar-refractivity contribution in [2.24, 2.45) is 5.92 Å². The zero-order valence-corrected chi connectivity index (χ0v) is 16.2. The van der Waals surface area contributed by atoms with Gasteiger partial charge < -0.3 is 16.4 Å². The van der Waals surface area contributed by atoms with E-state index in [1.807, 2.05) is 57.2 Å². The van der Waals surface area contributed by atoms with Gasteiger partial charge in [0.2, 0.25) is 11.8 Å². The summed E-state index contributed by atoms with van der Waals surface area (Å²) < 4.78 is 0. The first-order valence-corrected chi connectivity index (χ1v) is 8.41. The largest absolute Gasteiger partial charge is 0.399 e. The van der Waals surface area contributed by atoms with Crippen LogP contribution in [0.5, 0.6) is 0 Å². The normalized spacial score (nSPS) is 10.2. The number of nitrogen functional groups attached to an aromatic ring is 1. The summed E-state index contributed by atoms with van der Waals surface area (Å²) in [6.45, 7) is 5.59. The molecule has 0 fully saturated rings. The third kappa shape index (κ3) is 6.08. The van der Waals surface area contributed by atoms with Crippen LogP contribution in [0.2, 0.25) is 0 Å². The molecule has 0 bridgehead atoms. The number of amides is 2. The fourth-order valence-electron chi connectivity index (χ4n) is 2.34. The zero-order valence-electron chi connectivity index (χ0n) is 15.3. The summed E-state index contributed by atoms with van der Waals surface area (Å²) >= 11 is 0. The molecule has 0 heterocycles. The van der Waals surface area contributed by atoms with Gasteiger partial charge >= 0.3 is 0 Å². The van der Waals surface area contributed by atoms with Gasteiger partial charge in [0.25, 0.3) is 0 Å². The number of benzene rings is 2. The minimum absolute atomic E-state index is 0. The molecule has 0 unspecified atom stereocenters. The number of hydrogen-bond donors (Lipinski definition) is 3. The number of hydrogen-bond acceptors (Lipinski definition) is 3. The lowest BCUT2D eigenvalue weighted by atomic mass is 10.1. The van der Waals surface area contributed by atoms with Crippen LogP contribution < -0.4 is 16.4 Å². The Hall–Kier alpha value is -2.53. The van der Waals surface area contributed by atoms with Gasteiger partial charge in [0.1, 0.15) is 0 Å². The standard InChI is InChI=1S/C20H25N3O2.ClH/c1-13(2)20(25)22-16-10-8-14(3)18(12-16)23-19(24)11-9-15-6-4-5-7-17(15)21;/h4-8,10,12-13H,9,11,21H2,1-3H3,(H,22,25)(H,23,24);1H. The molecule has 0 saturated heterocycles. The summed E-state index contributed by atoms with van der Waals surface area (Å²) in [6, 6.07) is 13.0. The molecule has 2 amide bonds. The summed E-state index contributed by atoms with van der Waals surface area (Å²) in [4.78, 5) is 24.1. The molecular formula is C20H26ClN3O2. The van der Waals surface area contributed by atoms with Crippen molar-refractivity contribution in [2.75, 3.05) is 16.4 Å². The maximum atomic E-state index is 12.3. The number of halogens is 1. The highest BCUT2D eigenvalue weighted by Crippen LogP contribution is 2.21. The predicted molar refractivity (Wildman–Crippen MR) is 110 cm³/mol. The van der Waals surface area contributed by atoms with E-state index < -0.39 is 0 Å². The Morgan fingerprint density at radius 2 is 1.77 bits per heavy atom.